The molecule has 1 aromatic rings. The third kappa shape index (κ3) is 2.07. The molecule has 2 saturated heterocycles. The molecule has 0 saturated carbocycles. The summed E-state index contributed by atoms with van der Waals surface area (Å²) in [6.07, 6.45) is 0.926. The molecular formula is C15H14ClNO5. The SMILES string of the molecule is O=C1C[C@H]2O/C(=C\CO)[C@](Cc3ccc(Cl)cc3)(C(=O)O)N12. The standard InChI is InChI=1S/C15H14ClNO5/c16-10-3-1-9(2-4-10)8-15(14(20)21)11(5-6-18)22-13-7-12(19)17(13)15/h1-5,13,18H,6-8H2,(H,20,21)/b11-5-/t13-,15-/m1/s1. The number of carbonyl (C=O) groups excluding carboxylic acids is 1. The predicted molar refractivity (Wildman–Crippen MR) is 77.0 cm³/mol. The summed E-state index contributed by atoms with van der Waals surface area (Å²) in [6.45, 7) is -0.361. The zero-order chi connectivity index (χ0) is 15.9. The average molecular weight is 324 g/mol. The van der Waals surface area contributed by atoms with Crippen molar-refractivity contribution in [1.29, 1.82) is 0 Å². The number of nitrogens with zero attached hydrogens (tertiary/aromatic N) is 1. The Hall–Kier alpha value is -2.05. The fourth-order valence-corrected chi connectivity index (χ4v) is 3.08. The third-order valence-corrected chi connectivity index (χ3v) is 4.24. The number of amides is 1. The van der Waals surface area contributed by atoms with E-state index in [1.54, 1.807) is 24.3 Å². The first kappa shape index (κ1) is 14.9. The van der Waals surface area contributed by atoms with Gasteiger partial charge in [-0.1, -0.05) is 23.7 Å². The van der Waals surface area contributed by atoms with Crippen LogP contribution in [0.1, 0.15) is 12.0 Å². The molecule has 3 rings (SSSR count). The van der Waals surface area contributed by atoms with Crippen LogP contribution in [0.25, 0.3) is 0 Å². The number of rotatable bonds is 4. The highest BCUT2D eigenvalue weighted by molar-refractivity contribution is 6.30. The van der Waals surface area contributed by atoms with Gasteiger partial charge in [0.25, 0.3) is 0 Å². The molecule has 1 aromatic carbocycles. The van der Waals surface area contributed by atoms with Crippen LogP contribution in [0, 0.1) is 0 Å². The van der Waals surface area contributed by atoms with Crippen LogP contribution < -0.4 is 0 Å². The number of aliphatic hydroxyl groups excluding tert-OH is 1. The van der Waals surface area contributed by atoms with Crippen LogP contribution in [0.2, 0.25) is 5.02 Å². The van der Waals surface area contributed by atoms with Crippen molar-refractivity contribution in [1.82, 2.24) is 4.90 Å². The number of halogens is 1. The fourth-order valence-electron chi connectivity index (χ4n) is 2.96. The van der Waals surface area contributed by atoms with E-state index < -0.39 is 17.7 Å². The van der Waals surface area contributed by atoms with Crippen LogP contribution in [-0.4, -0.2) is 45.4 Å². The summed E-state index contributed by atoms with van der Waals surface area (Å²) in [5.41, 5.74) is -0.907. The number of carboxylic acids is 1. The minimum Gasteiger partial charge on any atom is -0.479 e. The molecule has 2 aliphatic heterocycles. The lowest BCUT2D eigenvalue weighted by atomic mass is 9.85. The topological polar surface area (TPSA) is 87.1 Å². The van der Waals surface area contributed by atoms with Gasteiger partial charge < -0.3 is 14.9 Å². The molecule has 22 heavy (non-hydrogen) atoms. The second-order valence-corrected chi connectivity index (χ2v) is 5.70. The number of carbonyl (C=O) groups is 2. The summed E-state index contributed by atoms with van der Waals surface area (Å²) >= 11 is 5.84. The molecule has 0 unspecified atom stereocenters. The van der Waals surface area contributed by atoms with Gasteiger partial charge in [-0.25, -0.2) is 4.79 Å². The minimum atomic E-state index is -1.61. The molecule has 7 heteroatoms. The maximum atomic E-state index is 12.0. The van der Waals surface area contributed by atoms with E-state index in [4.69, 9.17) is 21.4 Å². The highest BCUT2D eigenvalue weighted by Crippen LogP contribution is 2.46. The monoisotopic (exact) mass is 323 g/mol. The Balaban J connectivity index is 2.05. The highest BCUT2D eigenvalue weighted by Gasteiger charge is 2.64. The number of aliphatic carboxylic acids is 1. The van der Waals surface area contributed by atoms with E-state index in [-0.39, 0.29) is 31.1 Å². The van der Waals surface area contributed by atoms with Gasteiger partial charge in [-0.15, -0.1) is 0 Å². The quantitative estimate of drug-likeness (QED) is 0.812. The van der Waals surface area contributed by atoms with Gasteiger partial charge in [0.15, 0.2) is 6.23 Å². The van der Waals surface area contributed by atoms with Crippen molar-refractivity contribution < 1.29 is 24.5 Å². The second kappa shape index (κ2) is 5.30. The lowest BCUT2D eigenvalue weighted by Crippen LogP contribution is -2.63. The number of fused-ring (bicyclic) bond motifs is 1. The molecule has 2 atom stereocenters. The fraction of sp³-hybridized carbons (Fsp3) is 0.333. The van der Waals surface area contributed by atoms with E-state index in [9.17, 15) is 14.7 Å². The van der Waals surface area contributed by atoms with Crippen LogP contribution in [0.4, 0.5) is 0 Å². The van der Waals surface area contributed by atoms with Gasteiger partial charge in [0.1, 0.15) is 5.76 Å². The van der Waals surface area contributed by atoms with E-state index >= 15 is 0 Å². The maximum absolute atomic E-state index is 12.0. The Morgan fingerprint density at radius 3 is 2.68 bits per heavy atom. The Kier molecular flexibility index (Phi) is 3.58. The lowest BCUT2D eigenvalue weighted by molar-refractivity contribution is -0.170. The lowest BCUT2D eigenvalue weighted by Gasteiger charge is -2.40. The Bertz CT molecular complexity index is 656. The summed E-state index contributed by atoms with van der Waals surface area (Å²) in [4.78, 5) is 25.1. The van der Waals surface area contributed by atoms with Crippen molar-refractivity contribution in [2.45, 2.75) is 24.6 Å². The molecule has 0 aliphatic carbocycles. The summed E-state index contributed by atoms with van der Waals surface area (Å²) in [5.74, 6) is -1.35. The molecule has 0 spiro atoms. The number of β-lactam (4-membered cyclic amide) rings is 1. The molecule has 1 amide bonds. The molecule has 0 aromatic heterocycles. The molecule has 2 heterocycles. The summed E-state index contributed by atoms with van der Waals surface area (Å²) in [5, 5.41) is 19.5. The van der Waals surface area contributed by atoms with Gasteiger partial charge in [0.2, 0.25) is 11.4 Å². The van der Waals surface area contributed by atoms with Crippen molar-refractivity contribution in [2.75, 3.05) is 6.61 Å². The zero-order valence-corrected chi connectivity index (χ0v) is 12.3. The first-order valence-corrected chi connectivity index (χ1v) is 7.15. The van der Waals surface area contributed by atoms with Crippen LogP contribution in [0.3, 0.4) is 0 Å². The average Bonchev–Trinajstić information content (AvgIpc) is 2.71. The van der Waals surface area contributed by atoms with Crippen molar-refractivity contribution in [2.24, 2.45) is 0 Å². The largest absolute Gasteiger partial charge is 0.479 e. The minimum absolute atomic E-state index is 0.0492. The normalized spacial score (nSPS) is 28.3. The number of carboxylic acid groups (broad SMARTS) is 1. The number of benzene rings is 1. The van der Waals surface area contributed by atoms with Gasteiger partial charge in [-0.05, 0) is 23.8 Å². The van der Waals surface area contributed by atoms with Crippen molar-refractivity contribution in [3.05, 3.63) is 46.7 Å². The summed E-state index contributed by atoms with van der Waals surface area (Å²) in [7, 11) is 0. The smallest absolute Gasteiger partial charge is 0.338 e. The number of ether oxygens (including phenoxy) is 1. The Labute approximate surface area is 131 Å². The molecule has 2 aliphatic rings. The molecule has 0 bridgehead atoms. The van der Waals surface area contributed by atoms with E-state index in [0.29, 0.717) is 10.6 Å². The highest BCUT2D eigenvalue weighted by atomic mass is 35.5. The molecule has 6 nitrogen and oxygen atoms in total. The van der Waals surface area contributed by atoms with Crippen LogP contribution in [0.15, 0.2) is 36.1 Å². The molecule has 116 valence electrons. The Morgan fingerprint density at radius 1 is 1.45 bits per heavy atom. The first-order valence-electron chi connectivity index (χ1n) is 6.77. The molecule has 2 fully saturated rings. The van der Waals surface area contributed by atoms with Gasteiger partial charge in [-0.3, -0.25) is 9.69 Å². The van der Waals surface area contributed by atoms with E-state index in [2.05, 4.69) is 0 Å². The number of aliphatic hydroxyl groups is 1. The zero-order valence-electron chi connectivity index (χ0n) is 11.5. The van der Waals surface area contributed by atoms with Gasteiger partial charge in [0.05, 0.1) is 13.0 Å². The molecule has 2 N–H and O–H groups in total. The second-order valence-electron chi connectivity index (χ2n) is 5.26. The van der Waals surface area contributed by atoms with E-state index in [1.165, 1.54) is 11.0 Å². The van der Waals surface area contributed by atoms with Crippen molar-refractivity contribution in [3.63, 3.8) is 0 Å². The van der Waals surface area contributed by atoms with Gasteiger partial charge in [-0.2, -0.15) is 0 Å². The molecular weight excluding hydrogens is 310 g/mol. The van der Waals surface area contributed by atoms with Crippen molar-refractivity contribution in [3.8, 4) is 0 Å². The maximum Gasteiger partial charge on any atom is 0.338 e. The van der Waals surface area contributed by atoms with Crippen LogP contribution in [-0.2, 0) is 20.7 Å². The first-order chi connectivity index (χ1) is 10.5. The number of hydrogen-bond donors (Lipinski definition) is 2. The van der Waals surface area contributed by atoms with Gasteiger partial charge in [0, 0.05) is 11.4 Å². The summed E-state index contributed by atoms with van der Waals surface area (Å²) in [6, 6.07) is 6.74. The van der Waals surface area contributed by atoms with Crippen molar-refractivity contribution >= 4 is 23.5 Å². The van der Waals surface area contributed by atoms with Gasteiger partial charge >= 0.3 is 5.97 Å². The van der Waals surface area contributed by atoms with E-state index in [1.807, 2.05) is 0 Å². The van der Waals surface area contributed by atoms with Crippen LogP contribution >= 0.6 is 11.6 Å². The molecule has 0 radical (unpaired) electrons. The summed E-state index contributed by atoms with van der Waals surface area (Å²) < 4.78 is 5.54. The third-order valence-electron chi connectivity index (χ3n) is 3.99. The van der Waals surface area contributed by atoms with Crippen LogP contribution in [0.5, 0.6) is 0 Å². The Morgan fingerprint density at radius 2 is 2.14 bits per heavy atom. The number of hydrogen-bond acceptors (Lipinski definition) is 4. The van der Waals surface area contributed by atoms with E-state index in [0.717, 1.165) is 0 Å². The predicted octanol–water partition coefficient (Wildman–Crippen LogP) is 1.17.